The summed E-state index contributed by atoms with van der Waals surface area (Å²) in [5, 5.41) is 0. The van der Waals surface area contributed by atoms with Crippen LogP contribution in [0.25, 0.3) is 0 Å². The number of rotatable bonds is 2. The minimum absolute atomic E-state index is 0.349. The topological polar surface area (TPSA) is 26.3 Å². The molecule has 0 unspecified atom stereocenters. The van der Waals surface area contributed by atoms with Crippen molar-refractivity contribution in [2.75, 3.05) is 6.61 Å². The van der Waals surface area contributed by atoms with E-state index < -0.39 is 0 Å². The third kappa shape index (κ3) is 2.11. The summed E-state index contributed by atoms with van der Waals surface area (Å²) >= 11 is 0. The van der Waals surface area contributed by atoms with Gasteiger partial charge in [-0.15, -0.1) is 0 Å². The number of aryl methyl sites for hydroxylation is 1. The molecule has 66 valence electrons. The second-order valence-electron chi connectivity index (χ2n) is 2.76. The van der Waals surface area contributed by atoms with Gasteiger partial charge in [-0.3, -0.25) is 0 Å². The van der Waals surface area contributed by atoms with E-state index in [1.807, 2.05) is 19.1 Å². The maximum Gasteiger partial charge on any atom is 0.337 e. The number of benzene rings is 1. The Balaban J connectivity index is 3.05. The molecule has 1 aromatic rings. The largest absolute Gasteiger partial charge is 0.462 e. The summed E-state index contributed by atoms with van der Waals surface area (Å²) in [5.74, 6) is -0.349. The molecule has 0 fully saturated rings. The standard InChI is InChI=1S/C10H11BO2/c1-3-13-10(12)9-7(2)5-4-6-8(9)11/h4-6H,3H2,1-2H3. The highest BCUT2D eigenvalue weighted by Gasteiger charge is 2.11. The highest BCUT2D eigenvalue weighted by atomic mass is 16.5. The van der Waals surface area contributed by atoms with Gasteiger partial charge in [0.1, 0.15) is 7.85 Å². The second-order valence-corrected chi connectivity index (χ2v) is 2.76. The molecule has 13 heavy (non-hydrogen) atoms. The third-order valence-corrected chi connectivity index (χ3v) is 1.78. The number of hydrogen-bond donors (Lipinski definition) is 0. The maximum atomic E-state index is 11.4. The lowest BCUT2D eigenvalue weighted by Gasteiger charge is -2.08. The van der Waals surface area contributed by atoms with Gasteiger partial charge in [0.25, 0.3) is 0 Å². The summed E-state index contributed by atoms with van der Waals surface area (Å²) in [6.07, 6.45) is 0. The van der Waals surface area contributed by atoms with Crippen molar-refractivity contribution < 1.29 is 9.53 Å². The average Bonchev–Trinajstić information content (AvgIpc) is 2.04. The Bertz CT molecular complexity index is 300. The van der Waals surface area contributed by atoms with Crippen LogP contribution in [-0.2, 0) is 4.74 Å². The van der Waals surface area contributed by atoms with Crippen molar-refractivity contribution in [1.82, 2.24) is 0 Å². The highest BCUT2D eigenvalue weighted by Crippen LogP contribution is 2.05. The second kappa shape index (κ2) is 4.12. The van der Waals surface area contributed by atoms with E-state index in [0.717, 1.165) is 5.56 Å². The lowest BCUT2D eigenvalue weighted by Crippen LogP contribution is -2.19. The zero-order chi connectivity index (χ0) is 9.84. The van der Waals surface area contributed by atoms with E-state index in [-0.39, 0.29) is 5.97 Å². The van der Waals surface area contributed by atoms with Crippen LogP contribution in [0.4, 0.5) is 0 Å². The van der Waals surface area contributed by atoms with E-state index in [9.17, 15) is 4.79 Å². The van der Waals surface area contributed by atoms with Gasteiger partial charge in [0.15, 0.2) is 0 Å². The predicted molar refractivity (Wildman–Crippen MR) is 52.5 cm³/mol. The smallest absolute Gasteiger partial charge is 0.337 e. The SMILES string of the molecule is [B]c1cccc(C)c1C(=O)OCC. The Kier molecular flexibility index (Phi) is 3.12. The van der Waals surface area contributed by atoms with Crippen molar-refractivity contribution in [3.63, 3.8) is 0 Å². The van der Waals surface area contributed by atoms with Crippen LogP contribution in [0.3, 0.4) is 0 Å². The molecule has 1 aromatic carbocycles. The van der Waals surface area contributed by atoms with Gasteiger partial charge in [-0.05, 0) is 19.4 Å². The molecule has 0 bridgehead atoms. The Hall–Kier alpha value is -1.25. The van der Waals surface area contributed by atoms with Crippen LogP contribution in [0, 0.1) is 6.92 Å². The Morgan fingerprint density at radius 2 is 2.23 bits per heavy atom. The quantitative estimate of drug-likeness (QED) is 0.493. The van der Waals surface area contributed by atoms with E-state index in [0.29, 0.717) is 17.6 Å². The summed E-state index contributed by atoms with van der Waals surface area (Å²) in [6, 6.07) is 5.34. The molecule has 0 aliphatic rings. The van der Waals surface area contributed by atoms with Gasteiger partial charge in [0.2, 0.25) is 0 Å². The van der Waals surface area contributed by atoms with E-state index >= 15 is 0 Å². The van der Waals surface area contributed by atoms with Crippen LogP contribution in [0.1, 0.15) is 22.8 Å². The molecular weight excluding hydrogens is 163 g/mol. The summed E-state index contributed by atoms with van der Waals surface area (Å²) < 4.78 is 4.87. The zero-order valence-electron chi connectivity index (χ0n) is 7.83. The first kappa shape index (κ1) is 9.84. The average molecular weight is 174 g/mol. The van der Waals surface area contributed by atoms with E-state index in [4.69, 9.17) is 12.6 Å². The van der Waals surface area contributed by atoms with Crippen LogP contribution in [-0.4, -0.2) is 20.4 Å². The molecule has 0 aliphatic heterocycles. The van der Waals surface area contributed by atoms with Gasteiger partial charge < -0.3 is 4.74 Å². The first-order valence-electron chi connectivity index (χ1n) is 4.19. The Morgan fingerprint density at radius 1 is 1.54 bits per heavy atom. The minimum atomic E-state index is -0.349. The van der Waals surface area contributed by atoms with Gasteiger partial charge in [-0.2, -0.15) is 0 Å². The Morgan fingerprint density at radius 3 is 2.77 bits per heavy atom. The molecule has 0 atom stereocenters. The normalized spacial score (nSPS) is 9.69. The molecular formula is C10H11BO2. The van der Waals surface area contributed by atoms with E-state index in [1.165, 1.54) is 0 Å². The lowest BCUT2D eigenvalue weighted by atomic mass is 9.88. The van der Waals surface area contributed by atoms with Crippen LogP contribution in [0.5, 0.6) is 0 Å². The van der Waals surface area contributed by atoms with Crippen molar-refractivity contribution in [3.05, 3.63) is 29.3 Å². The van der Waals surface area contributed by atoms with E-state index in [2.05, 4.69) is 0 Å². The molecule has 0 saturated heterocycles. The van der Waals surface area contributed by atoms with Gasteiger partial charge >= 0.3 is 5.97 Å². The fraction of sp³-hybridized carbons (Fsp3) is 0.300. The number of ether oxygens (including phenoxy) is 1. The van der Waals surface area contributed by atoms with Crippen LogP contribution >= 0.6 is 0 Å². The predicted octanol–water partition coefficient (Wildman–Crippen LogP) is 0.966. The molecule has 0 saturated carbocycles. The molecule has 1 rings (SSSR count). The summed E-state index contributed by atoms with van der Waals surface area (Å²) in [6.45, 7) is 3.97. The minimum Gasteiger partial charge on any atom is -0.462 e. The number of carbonyl (C=O) groups is 1. The zero-order valence-corrected chi connectivity index (χ0v) is 7.83. The monoisotopic (exact) mass is 174 g/mol. The molecule has 0 heterocycles. The van der Waals surface area contributed by atoms with Crippen molar-refractivity contribution in [2.24, 2.45) is 0 Å². The molecule has 0 aliphatic carbocycles. The molecule has 0 aromatic heterocycles. The van der Waals surface area contributed by atoms with Gasteiger partial charge in [0.05, 0.1) is 12.2 Å². The molecule has 0 N–H and O–H groups in total. The van der Waals surface area contributed by atoms with Gasteiger partial charge in [0, 0.05) is 0 Å². The van der Waals surface area contributed by atoms with E-state index in [1.54, 1.807) is 13.0 Å². The van der Waals surface area contributed by atoms with Gasteiger partial charge in [-0.25, -0.2) is 4.79 Å². The maximum absolute atomic E-state index is 11.4. The lowest BCUT2D eigenvalue weighted by molar-refractivity contribution is 0.0527. The molecule has 3 heteroatoms. The summed E-state index contributed by atoms with van der Waals surface area (Å²) in [5.41, 5.74) is 1.79. The Labute approximate surface area is 79.3 Å². The fourth-order valence-corrected chi connectivity index (χ4v) is 1.17. The molecule has 0 amide bonds. The van der Waals surface area contributed by atoms with Crippen molar-refractivity contribution in [3.8, 4) is 0 Å². The van der Waals surface area contributed by atoms with Gasteiger partial charge in [-0.1, -0.05) is 23.7 Å². The first-order valence-corrected chi connectivity index (χ1v) is 4.19. The molecule has 2 nitrogen and oxygen atoms in total. The van der Waals surface area contributed by atoms with Crippen molar-refractivity contribution in [1.29, 1.82) is 0 Å². The van der Waals surface area contributed by atoms with Crippen molar-refractivity contribution in [2.45, 2.75) is 13.8 Å². The molecule has 2 radical (unpaired) electrons. The number of esters is 1. The first-order chi connectivity index (χ1) is 6.16. The summed E-state index contributed by atoms with van der Waals surface area (Å²) in [7, 11) is 5.65. The number of carbonyl (C=O) groups excluding carboxylic acids is 1. The van der Waals surface area contributed by atoms with Crippen LogP contribution in [0.2, 0.25) is 0 Å². The number of hydrogen-bond acceptors (Lipinski definition) is 2. The molecule has 0 spiro atoms. The van der Waals surface area contributed by atoms with Crippen LogP contribution < -0.4 is 5.46 Å². The summed E-state index contributed by atoms with van der Waals surface area (Å²) in [4.78, 5) is 11.4. The van der Waals surface area contributed by atoms with Crippen molar-refractivity contribution >= 4 is 19.3 Å². The third-order valence-electron chi connectivity index (χ3n) is 1.78. The highest BCUT2D eigenvalue weighted by molar-refractivity contribution is 6.36. The fourth-order valence-electron chi connectivity index (χ4n) is 1.17. The van der Waals surface area contributed by atoms with Crippen LogP contribution in [0.15, 0.2) is 18.2 Å².